The van der Waals surface area contributed by atoms with Gasteiger partial charge in [-0.1, -0.05) is 61.4 Å². The summed E-state index contributed by atoms with van der Waals surface area (Å²) in [4.78, 5) is 12.7. The Kier molecular flexibility index (Phi) is 6.17. The molecule has 1 aromatic carbocycles. The first-order valence-corrected chi connectivity index (χ1v) is 10.3. The summed E-state index contributed by atoms with van der Waals surface area (Å²) in [6, 6.07) is 12.2. The van der Waals surface area contributed by atoms with E-state index < -0.39 is 5.54 Å². The van der Waals surface area contributed by atoms with Crippen molar-refractivity contribution in [3.8, 4) is 17.5 Å². The lowest BCUT2D eigenvalue weighted by Crippen LogP contribution is -2.51. The minimum atomic E-state index is -0.711. The van der Waals surface area contributed by atoms with Crippen LogP contribution in [0.2, 0.25) is 0 Å². The number of carbonyl (C=O) groups is 1. The van der Waals surface area contributed by atoms with Gasteiger partial charge in [-0.15, -0.1) is 10.2 Å². The maximum absolute atomic E-state index is 12.7. The second-order valence-corrected chi connectivity index (χ2v) is 8.23. The zero-order chi connectivity index (χ0) is 19.3. The number of aromatic nitrogens is 3. The lowest BCUT2D eigenvalue weighted by Gasteiger charge is -2.32. The Hall–Kier alpha value is -2.33. The summed E-state index contributed by atoms with van der Waals surface area (Å²) in [6.07, 6.45) is 4.57. The molecule has 1 unspecified atom stereocenters. The van der Waals surface area contributed by atoms with Crippen LogP contribution in [0.3, 0.4) is 0 Å². The van der Waals surface area contributed by atoms with Crippen LogP contribution in [0.25, 0.3) is 11.4 Å². The molecule has 1 aromatic heterocycles. The number of hydrogen-bond acceptors (Lipinski definition) is 5. The van der Waals surface area contributed by atoms with Crippen LogP contribution in [0.5, 0.6) is 0 Å². The lowest BCUT2D eigenvalue weighted by molar-refractivity contribution is -0.121. The Labute approximate surface area is 164 Å². The van der Waals surface area contributed by atoms with E-state index in [0.29, 0.717) is 5.16 Å². The van der Waals surface area contributed by atoms with E-state index in [4.69, 9.17) is 0 Å². The zero-order valence-corrected chi connectivity index (χ0v) is 16.6. The molecule has 0 bridgehead atoms. The average Bonchev–Trinajstić information content (AvgIpc) is 3.11. The fraction of sp³-hybridized carbons (Fsp3) is 0.500. The summed E-state index contributed by atoms with van der Waals surface area (Å²) < 4.78 is 2.02. The van der Waals surface area contributed by atoms with Gasteiger partial charge in [-0.05, 0) is 26.7 Å². The first kappa shape index (κ1) is 19.4. The molecular weight excluding hydrogens is 358 g/mol. The summed E-state index contributed by atoms with van der Waals surface area (Å²) in [6.45, 7) is 4.61. The standard InChI is InChI=1S/C20H25N5OS/c1-3-25-17(16-10-6-4-7-11-16)23-24-19(25)27-15(2)18(26)22-20(14-21)12-8-5-9-13-20/h4,6-7,10-11,15H,3,5,8-9,12-13H2,1-2H3,(H,22,26). The van der Waals surface area contributed by atoms with Gasteiger partial charge >= 0.3 is 0 Å². The van der Waals surface area contributed by atoms with Crippen molar-refractivity contribution in [2.45, 2.75) is 68.4 Å². The van der Waals surface area contributed by atoms with Crippen molar-refractivity contribution in [1.82, 2.24) is 20.1 Å². The van der Waals surface area contributed by atoms with E-state index in [1.807, 2.05) is 48.7 Å². The predicted octanol–water partition coefficient (Wildman–Crippen LogP) is 3.79. The third kappa shape index (κ3) is 4.33. The zero-order valence-electron chi connectivity index (χ0n) is 15.8. The molecule has 1 atom stereocenters. The third-order valence-electron chi connectivity index (χ3n) is 5.00. The lowest BCUT2D eigenvalue weighted by atomic mass is 9.83. The number of carbonyl (C=O) groups excluding carboxylic acids is 1. The van der Waals surface area contributed by atoms with Crippen LogP contribution >= 0.6 is 11.8 Å². The first-order valence-electron chi connectivity index (χ1n) is 9.47. The number of benzene rings is 1. The summed E-state index contributed by atoms with van der Waals surface area (Å²) >= 11 is 1.38. The van der Waals surface area contributed by atoms with Crippen LogP contribution in [0, 0.1) is 11.3 Å². The van der Waals surface area contributed by atoms with Crippen molar-refractivity contribution >= 4 is 17.7 Å². The van der Waals surface area contributed by atoms with Crippen molar-refractivity contribution < 1.29 is 4.79 Å². The molecule has 0 spiro atoms. The average molecular weight is 384 g/mol. The van der Waals surface area contributed by atoms with Gasteiger partial charge in [0.1, 0.15) is 5.54 Å². The quantitative estimate of drug-likeness (QED) is 0.767. The van der Waals surface area contributed by atoms with Crippen LogP contribution in [0.4, 0.5) is 0 Å². The van der Waals surface area contributed by atoms with Gasteiger partial charge in [0.05, 0.1) is 11.3 Å². The molecule has 27 heavy (non-hydrogen) atoms. The Balaban J connectivity index is 1.72. The van der Waals surface area contributed by atoms with E-state index in [0.717, 1.165) is 50.0 Å². The molecule has 142 valence electrons. The molecule has 3 rings (SSSR count). The molecule has 1 heterocycles. The van der Waals surface area contributed by atoms with Gasteiger partial charge in [0.25, 0.3) is 0 Å². The van der Waals surface area contributed by atoms with Gasteiger partial charge in [0, 0.05) is 12.1 Å². The van der Waals surface area contributed by atoms with E-state index >= 15 is 0 Å². The number of nitrogens with zero attached hydrogens (tertiary/aromatic N) is 4. The number of hydrogen-bond donors (Lipinski definition) is 1. The van der Waals surface area contributed by atoms with Crippen LogP contribution < -0.4 is 5.32 Å². The van der Waals surface area contributed by atoms with Gasteiger partial charge in [0.2, 0.25) is 5.91 Å². The molecule has 1 aliphatic carbocycles. The predicted molar refractivity (Wildman–Crippen MR) is 106 cm³/mol. The number of nitriles is 1. The monoisotopic (exact) mass is 383 g/mol. The Bertz CT molecular complexity index is 821. The fourth-order valence-electron chi connectivity index (χ4n) is 3.43. The third-order valence-corrected chi connectivity index (χ3v) is 6.08. The maximum Gasteiger partial charge on any atom is 0.234 e. The molecule has 7 heteroatoms. The molecule has 2 aromatic rings. The van der Waals surface area contributed by atoms with Gasteiger partial charge in [0.15, 0.2) is 11.0 Å². The summed E-state index contributed by atoms with van der Waals surface area (Å²) in [5, 5.41) is 21.6. The fourth-order valence-corrected chi connectivity index (χ4v) is 4.34. The van der Waals surface area contributed by atoms with Gasteiger partial charge < -0.3 is 9.88 Å². The highest BCUT2D eigenvalue weighted by molar-refractivity contribution is 8.00. The number of amides is 1. The van der Waals surface area contributed by atoms with Crippen LogP contribution in [-0.4, -0.2) is 31.5 Å². The molecule has 1 fully saturated rings. The highest BCUT2D eigenvalue weighted by Gasteiger charge is 2.35. The molecule has 1 N–H and O–H groups in total. The first-order chi connectivity index (χ1) is 13.1. The van der Waals surface area contributed by atoms with Crippen molar-refractivity contribution in [1.29, 1.82) is 5.26 Å². The van der Waals surface area contributed by atoms with E-state index in [2.05, 4.69) is 21.6 Å². The maximum atomic E-state index is 12.7. The highest BCUT2D eigenvalue weighted by Crippen LogP contribution is 2.30. The summed E-state index contributed by atoms with van der Waals surface area (Å²) in [5.74, 6) is 0.685. The molecule has 0 radical (unpaired) electrons. The van der Waals surface area contributed by atoms with Crippen LogP contribution in [0.15, 0.2) is 35.5 Å². The second-order valence-electron chi connectivity index (χ2n) is 6.92. The molecular formula is C20H25N5OS. The Morgan fingerprint density at radius 2 is 2.00 bits per heavy atom. The number of nitrogens with one attached hydrogen (secondary N) is 1. The molecule has 0 saturated heterocycles. The normalized spacial score (nSPS) is 17.1. The topological polar surface area (TPSA) is 83.6 Å². The Morgan fingerprint density at radius 3 is 2.63 bits per heavy atom. The molecule has 1 aliphatic rings. The van der Waals surface area contributed by atoms with E-state index in [-0.39, 0.29) is 11.2 Å². The van der Waals surface area contributed by atoms with Crippen LogP contribution in [-0.2, 0) is 11.3 Å². The molecule has 1 saturated carbocycles. The van der Waals surface area contributed by atoms with Gasteiger partial charge in [-0.2, -0.15) is 5.26 Å². The molecule has 1 amide bonds. The van der Waals surface area contributed by atoms with E-state index in [1.165, 1.54) is 11.8 Å². The Morgan fingerprint density at radius 1 is 1.30 bits per heavy atom. The smallest absolute Gasteiger partial charge is 0.234 e. The second kappa shape index (κ2) is 8.57. The number of rotatable bonds is 6. The number of thioether (sulfide) groups is 1. The molecule has 0 aliphatic heterocycles. The SMILES string of the molecule is CCn1c(SC(C)C(=O)NC2(C#N)CCCCC2)nnc1-c1ccccc1. The van der Waals surface area contributed by atoms with E-state index in [9.17, 15) is 10.1 Å². The van der Waals surface area contributed by atoms with Crippen LogP contribution in [0.1, 0.15) is 46.0 Å². The highest BCUT2D eigenvalue weighted by atomic mass is 32.2. The minimum Gasteiger partial charge on any atom is -0.337 e. The summed E-state index contributed by atoms with van der Waals surface area (Å²) in [5.41, 5.74) is 0.291. The van der Waals surface area contributed by atoms with Crippen molar-refractivity contribution in [2.24, 2.45) is 0 Å². The molecule has 6 nitrogen and oxygen atoms in total. The largest absolute Gasteiger partial charge is 0.337 e. The van der Waals surface area contributed by atoms with Crippen molar-refractivity contribution in [3.63, 3.8) is 0 Å². The van der Waals surface area contributed by atoms with Crippen molar-refractivity contribution in [3.05, 3.63) is 30.3 Å². The van der Waals surface area contributed by atoms with Gasteiger partial charge in [-0.3, -0.25) is 4.79 Å². The van der Waals surface area contributed by atoms with Gasteiger partial charge in [-0.25, -0.2) is 0 Å². The van der Waals surface area contributed by atoms with Crippen molar-refractivity contribution in [2.75, 3.05) is 0 Å². The summed E-state index contributed by atoms with van der Waals surface area (Å²) in [7, 11) is 0. The van der Waals surface area contributed by atoms with E-state index in [1.54, 1.807) is 0 Å². The minimum absolute atomic E-state index is 0.115.